The third-order valence-corrected chi connectivity index (χ3v) is 2.46. The van der Waals surface area contributed by atoms with Crippen LogP contribution in [0.25, 0.3) is 0 Å². The first kappa shape index (κ1) is 14.4. The summed E-state index contributed by atoms with van der Waals surface area (Å²) in [6.45, 7) is 2.41. The molecule has 0 fully saturated rings. The van der Waals surface area contributed by atoms with Gasteiger partial charge in [0.25, 0.3) is 0 Å². The molecule has 3 N–H and O–H groups in total. The fourth-order valence-corrected chi connectivity index (χ4v) is 1.34. The predicted octanol–water partition coefficient (Wildman–Crippen LogP) is 0.979. The molecule has 0 radical (unpaired) electrons. The summed E-state index contributed by atoms with van der Waals surface area (Å²) in [6, 6.07) is 4.66. The molecule has 1 aromatic rings. The highest BCUT2D eigenvalue weighted by Crippen LogP contribution is 2.12. The van der Waals surface area contributed by atoms with Crippen LogP contribution < -0.4 is 5.32 Å². The van der Waals surface area contributed by atoms with E-state index in [9.17, 15) is 9.90 Å². The first-order valence-corrected chi connectivity index (χ1v) is 5.60. The van der Waals surface area contributed by atoms with Crippen molar-refractivity contribution in [2.24, 2.45) is 0 Å². The van der Waals surface area contributed by atoms with Crippen LogP contribution in [0.1, 0.15) is 23.8 Å². The van der Waals surface area contributed by atoms with E-state index in [0.717, 1.165) is 0 Å². The van der Waals surface area contributed by atoms with E-state index in [4.69, 9.17) is 9.84 Å². The van der Waals surface area contributed by atoms with Gasteiger partial charge in [-0.3, -0.25) is 0 Å². The zero-order chi connectivity index (χ0) is 13.6. The Kier molecular flexibility index (Phi) is 5.06. The third-order valence-electron chi connectivity index (χ3n) is 2.46. The minimum Gasteiger partial charge on any atom is -0.477 e. The molecule has 1 unspecified atom stereocenters. The summed E-state index contributed by atoms with van der Waals surface area (Å²) < 4.78 is 4.90. The van der Waals surface area contributed by atoms with Crippen LogP contribution in [0.4, 0.5) is 5.82 Å². The van der Waals surface area contributed by atoms with Gasteiger partial charge in [0.15, 0.2) is 5.69 Å². The number of aromatic nitrogens is 1. The maximum Gasteiger partial charge on any atom is 0.354 e. The summed E-state index contributed by atoms with van der Waals surface area (Å²) in [4.78, 5) is 14.6. The van der Waals surface area contributed by atoms with Gasteiger partial charge >= 0.3 is 5.97 Å². The molecule has 0 spiro atoms. The Morgan fingerprint density at radius 3 is 2.89 bits per heavy atom. The van der Waals surface area contributed by atoms with E-state index in [1.165, 1.54) is 6.07 Å². The summed E-state index contributed by atoms with van der Waals surface area (Å²) in [5, 5.41) is 21.7. The number of nitrogens with one attached hydrogen (secondary N) is 1. The molecule has 0 aliphatic heterocycles. The number of carboxylic acids is 1. The molecule has 0 bridgehead atoms. The average Bonchev–Trinajstić information content (AvgIpc) is 2.34. The van der Waals surface area contributed by atoms with Crippen molar-refractivity contribution in [1.29, 1.82) is 0 Å². The molecular formula is C12H18N2O4. The van der Waals surface area contributed by atoms with Crippen LogP contribution in [-0.4, -0.2) is 47.0 Å². The quantitative estimate of drug-likeness (QED) is 0.671. The highest BCUT2D eigenvalue weighted by molar-refractivity contribution is 5.85. The second kappa shape index (κ2) is 6.32. The third kappa shape index (κ3) is 4.68. The van der Waals surface area contributed by atoms with Gasteiger partial charge in [-0.15, -0.1) is 0 Å². The Balaban J connectivity index is 2.57. The SMILES string of the molecule is COCCC(C)(O)CNc1cccc(C(=O)O)n1. The molecule has 6 nitrogen and oxygen atoms in total. The van der Waals surface area contributed by atoms with E-state index in [0.29, 0.717) is 18.8 Å². The number of rotatable bonds is 7. The molecule has 0 aromatic carbocycles. The van der Waals surface area contributed by atoms with Crippen molar-refractivity contribution in [2.45, 2.75) is 18.9 Å². The van der Waals surface area contributed by atoms with Gasteiger partial charge in [-0.1, -0.05) is 6.07 Å². The molecular weight excluding hydrogens is 236 g/mol. The minimum atomic E-state index is -1.08. The number of aliphatic hydroxyl groups is 1. The van der Waals surface area contributed by atoms with Crippen molar-refractivity contribution in [3.8, 4) is 0 Å². The fourth-order valence-electron chi connectivity index (χ4n) is 1.34. The summed E-state index contributed by atoms with van der Waals surface area (Å²) >= 11 is 0. The monoisotopic (exact) mass is 254 g/mol. The highest BCUT2D eigenvalue weighted by atomic mass is 16.5. The number of nitrogens with zero attached hydrogens (tertiary/aromatic N) is 1. The Labute approximate surface area is 106 Å². The van der Waals surface area contributed by atoms with Crippen LogP contribution in [0, 0.1) is 0 Å². The van der Waals surface area contributed by atoms with E-state index in [-0.39, 0.29) is 12.2 Å². The first-order chi connectivity index (χ1) is 8.44. The topological polar surface area (TPSA) is 91.7 Å². The van der Waals surface area contributed by atoms with Crippen molar-refractivity contribution < 1.29 is 19.7 Å². The number of hydrogen-bond donors (Lipinski definition) is 3. The first-order valence-electron chi connectivity index (χ1n) is 5.60. The minimum absolute atomic E-state index is 0.0310. The van der Waals surface area contributed by atoms with E-state index in [2.05, 4.69) is 10.3 Å². The lowest BCUT2D eigenvalue weighted by atomic mass is 10.0. The molecule has 1 atom stereocenters. The van der Waals surface area contributed by atoms with Gasteiger partial charge in [-0.25, -0.2) is 9.78 Å². The lowest BCUT2D eigenvalue weighted by Gasteiger charge is -2.23. The van der Waals surface area contributed by atoms with E-state index in [1.807, 2.05) is 0 Å². The Morgan fingerprint density at radius 2 is 2.28 bits per heavy atom. The van der Waals surface area contributed by atoms with Crippen LogP contribution in [0.15, 0.2) is 18.2 Å². The molecule has 0 aliphatic rings. The van der Waals surface area contributed by atoms with Crippen LogP contribution in [0.3, 0.4) is 0 Å². The smallest absolute Gasteiger partial charge is 0.354 e. The van der Waals surface area contributed by atoms with Crippen molar-refractivity contribution in [3.05, 3.63) is 23.9 Å². The van der Waals surface area contributed by atoms with Crippen molar-refractivity contribution in [1.82, 2.24) is 4.98 Å². The molecule has 100 valence electrons. The second-order valence-electron chi connectivity index (χ2n) is 4.31. The number of pyridine rings is 1. The van der Waals surface area contributed by atoms with Gasteiger partial charge in [0.05, 0.1) is 5.60 Å². The lowest BCUT2D eigenvalue weighted by Crippen LogP contribution is -2.34. The van der Waals surface area contributed by atoms with Gasteiger partial charge in [-0.2, -0.15) is 0 Å². The zero-order valence-electron chi connectivity index (χ0n) is 10.5. The molecule has 18 heavy (non-hydrogen) atoms. The van der Waals surface area contributed by atoms with Gasteiger partial charge < -0.3 is 20.3 Å². The number of anilines is 1. The molecule has 0 amide bonds. The van der Waals surface area contributed by atoms with E-state index < -0.39 is 11.6 Å². The van der Waals surface area contributed by atoms with E-state index in [1.54, 1.807) is 26.2 Å². The van der Waals surface area contributed by atoms with Crippen molar-refractivity contribution >= 4 is 11.8 Å². The van der Waals surface area contributed by atoms with Crippen molar-refractivity contribution in [2.75, 3.05) is 25.6 Å². The highest BCUT2D eigenvalue weighted by Gasteiger charge is 2.19. The number of methoxy groups -OCH3 is 1. The molecule has 0 aliphatic carbocycles. The van der Waals surface area contributed by atoms with Crippen LogP contribution >= 0.6 is 0 Å². The Morgan fingerprint density at radius 1 is 1.56 bits per heavy atom. The molecule has 0 saturated heterocycles. The van der Waals surface area contributed by atoms with Crippen LogP contribution in [0.2, 0.25) is 0 Å². The Hall–Kier alpha value is -1.66. The van der Waals surface area contributed by atoms with Crippen LogP contribution in [-0.2, 0) is 4.74 Å². The summed E-state index contributed by atoms with van der Waals surface area (Å²) in [5.41, 5.74) is -0.965. The number of aromatic carboxylic acids is 1. The maximum absolute atomic E-state index is 10.7. The van der Waals surface area contributed by atoms with Crippen LogP contribution in [0.5, 0.6) is 0 Å². The Bertz CT molecular complexity index is 407. The number of hydrogen-bond acceptors (Lipinski definition) is 5. The lowest BCUT2D eigenvalue weighted by molar-refractivity contribution is 0.0357. The van der Waals surface area contributed by atoms with Crippen molar-refractivity contribution in [3.63, 3.8) is 0 Å². The summed E-state index contributed by atoms with van der Waals surface area (Å²) in [6.07, 6.45) is 0.481. The number of ether oxygens (including phenoxy) is 1. The second-order valence-corrected chi connectivity index (χ2v) is 4.31. The molecule has 0 saturated carbocycles. The maximum atomic E-state index is 10.7. The largest absolute Gasteiger partial charge is 0.477 e. The predicted molar refractivity (Wildman–Crippen MR) is 66.8 cm³/mol. The summed E-state index contributed by atoms with van der Waals surface area (Å²) in [5.74, 6) is -0.655. The van der Waals surface area contributed by atoms with Gasteiger partial charge in [-0.05, 0) is 19.1 Å². The molecule has 1 heterocycles. The fraction of sp³-hybridized carbons (Fsp3) is 0.500. The standard InChI is InChI=1S/C12H18N2O4/c1-12(17,6-7-18-2)8-13-10-5-3-4-9(14-10)11(15)16/h3-5,17H,6-8H2,1-2H3,(H,13,14)(H,15,16). The molecule has 1 rings (SSSR count). The summed E-state index contributed by atoms with van der Waals surface area (Å²) in [7, 11) is 1.57. The van der Waals surface area contributed by atoms with Gasteiger partial charge in [0.1, 0.15) is 5.82 Å². The molecule has 6 heteroatoms. The number of carboxylic acid groups (broad SMARTS) is 1. The van der Waals surface area contributed by atoms with E-state index >= 15 is 0 Å². The molecule has 1 aromatic heterocycles. The normalized spacial score (nSPS) is 13.9. The number of carbonyl (C=O) groups is 1. The van der Waals surface area contributed by atoms with Gasteiger partial charge in [0, 0.05) is 26.7 Å². The zero-order valence-corrected chi connectivity index (χ0v) is 10.5. The van der Waals surface area contributed by atoms with Gasteiger partial charge in [0.2, 0.25) is 0 Å². The average molecular weight is 254 g/mol.